The molecular weight excluding hydrogens is 671 g/mol. The van der Waals surface area contributed by atoms with Crippen LogP contribution in [0.25, 0.3) is 55.4 Å². The van der Waals surface area contributed by atoms with Gasteiger partial charge in [0, 0.05) is 49.0 Å². The van der Waals surface area contributed by atoms with Gasteiger partial charge in [0.05, 0.1) is 5.58 Å². The van der Waals surface area contributed by atoms with E-state index in [1.54, 1.807) is 6.20 Å². The Morgan fingerprint density at radius 2 is 1.55 bits per heavy atom. The van der Waals surface area contributed by atoms with Crippen molar-refractivity contribution in [3.8, 4) is 22.5 Å². The van der Waals surface area contributed by atoms with Crippen molar-refractivity contribution in [1.82, 2.24) is 15.0 Å². The molecule has 1 radical (unpaired) electrons. The van der Waals surface area contributed by atoms with E-state index < -0.39 is 0 Å². The number of aryl methyl sites for hydroxylation is 4. The van der Waals surface area contributed by atoms with Crippen LogP contribution >= 0.6 is 0 Å². The normalized spacial score (nSPS) is 10.8. The number of benzene rings is 3. The summed E-state index contributed by atoms with van der Waals surface area (Å²) in [6.45, 7) is 8.24. The number of hydrogen-bond donors (Lipinski definition) is 0. The number of rotatable bonds is 2. The zero-order chi connectivity index (χ0) is 26.9. The molecule has 0 aliphatic rings. The molecule has 0 aliphatic carbocycles. The summed E-state index contributed by atoms with van der Waals surface area (Å²) < 4.78 is 6.27. The molecule has 4 nitrogen and oxygen atoms in total. The Labute approximate surface area is 247 Å². The fourth-order valence-corrected chi connectivity index (χ4v) is 4.61. The van der Waals surface area contributed by atoms with Gasteiger partial charge in [0.1, 0.15) is 11.1 Å². The number of fused-ring (bicyclic) bond motifs is 5. The monoisotopic (exact) mass is 698 g/mol. The van der Waals surface area contributed by atoms with Gasteiger partial charge in [0.2, 0.25) is 0 Å². The van der Waals surface area contributed by atoms with Crippen LogP contribution in [0.5, 0.6) is 0 Å². The number of furan rings is 1. The molecule has 4 aromatic heterocycles. The summed E-state index contributed by atoms with van der Waals surface area (Å²) in [5, 5.41) is 3.21. The molecule has 199 valence electrons. The van der Waals surface area contributed by atoms with E-state index in [1.807, 2.05) is 55.6 Å². The Bertz CT molecular complexity index is 1940. The van der Waals surface area contributed by atoms with Crippen LogP contribution in [0.15, 0.2) is 95.7 Å². The summed E-state index contributed by atoms with van der Waals surface area (Å²) in [6, 6.07) is 32.9. The predicted octanol–water partition coefficient (Wildman–Crippen LogP) is 8.78. The second-order valence-electron chi connectivity index (χ2n) is 9.81. The van der Waals surface area contributed by atoms with E-state index in [0.717, 1.165) is 61.1 Å². The molecule has 0 saturated heterocycles. The van der Waals surface area contributed by atoms with Gasteiger partial charge in [0.25, 0.3) is 0 Å². The molecule has 40 heavy (non-hydrogen) atoms. The minimum atomic E-state index is 0. The molecule has 4 heterocycles. The number of pyridine rings is 3. The predicted molar refractivity (Wildman–Crippen MR) is 159 cm³/mol. The minimum absolute atomic E-state index is 0. The van der Waals surface area contributed by atoms with Crippen molar-refractivity contribution in [3.63, 3.8) is 0 Å². The van der Waals surface area contributed by atoms with E-state index in [1.165, 1.54) is 16.7 Å². The average Bonchev–Trinajstić information content (AvgIpc) is 3.35. The molecule has 0 bridgehead atoms. The van der Waals surface area contributed by atoms with Gasteiger partial charge in [-0.15, -0.1) is 53.6 Å². The molecule has 0 unspecified atom stereocenters. The maximum absolute atomic E-state index is 6.27. The molecule has 7 aromatic rings. The van der Waals surface area contributed by atoms with E-state index in [0.29, 0.717) is 0 Å². The summed E-state index contributed by atoms with van der Waals surface area (Å²) >= 11 is 0. The van der Waals surface area contributed by atoms with Crippen molar-refractivity contribution in [2.24, 2.45) is 0 Å². The molecule has 0 fully saturated rings. The van der Waals surface area contributed by atoms with Crippen LogP contribution in [0.4, 0.5) is 0 Å². The zero-order valence-corrected chi connectivity index (χ0v) is 25.1. The van der Waals surface area contributed by atoms with Crippen LogP contribution in [-0.4, -0.2) is 15.0 Å². The fourth-order valence-electron chi connectivity index (χ4n) is 4.61. The molecule has 0 amide bonds. The first-order chi connectivity index (χ1) is 19.0. The van der Waals surface area contributed by atoms with E-state index in [9.17, 15) is 0 Å². The molecule has 0 aliphatic heterocycles. The Balaban J connectivity index is 0.000000175. The van der Waals surface area contributed by atoms with Crippen LogP contribution in [0, 0.1) is 39.8 Å². The van der Waals surface area contributed by atoms with Crippen LogP contribution in [0.3, 0.4) is 0 Å². The standard InChI is InChI=1S/C21H13N2O.C14H14N.Ir/c1-13-8-9-14-10-11-16-15-5-4-6-17(18-7-2-3-12-22-18)20(15)24-21(16)19(14)23-13;1-10-4-6-13(7-5-10)14-8-11(2)12(3)9-15-14;/h2-5,7-12H,1H3;4-6,8-9H,1-3H3;/q2*-1;. The van der Waals surface area contributed by atoms with E-state index in [-0.39, 0.29) is 20.1 Å². The van der Waals surface area contributed by atoms with Gasteiger partial charge in [0.15, 0.2) is 0 Å². The smallest absolute Gasteiger partial charge is 0.147 e. The third-order valence-electron chi connectivity index (χ3n) is 6.94. The van der Waals surface area contributed by atoms with E-state index in [4.69, 9.17) is 4.42 Å². The minimum Gasteiger partial charge on any atom is -0.498 e. The molecule has 5 heteroatoms. The van der Waals surface area contributed by atoms with E-state index in [2.05, 4.69) is 84.3 Å². The van der Waals surface area contributed by atoms with Crippen molar-refractivity contribution in [3.05, 3.63) is 126 Å². The Morgan fingerprint density at radius 3 is 2.30 bits per heavy atom. The van der Waals surface area contributed by atoms with Gasteiger partial charge in [-0.1, -0.05) is 59.8 Å². The molecule has 0 atom stereocenters. The Kier molecular flexibility index (Phi) is 7.88. The van der Waals surface area contributed by atoms with Crippen LogP contribution in [0.2, 0.25) is 0 Å². The van der Waals surface area contributed by atoms with Crippen LogP contribution in [0.1, 0.15) is 22.4 Å². The summed E-state index contributed by atoms with van der Waals surface area (Å²) in [6.07, 6.45) is 3.70. The van der Waals surface area contributed by atoms with Crippen LogP contribution < -0.4 is 0 Å². The number of hydrogen-bond acceptors (Lipinski definition) is 4. The summed E-state index contributed by atoms with van der Waals surface area (Å²) in [7, 11) is 0. The van der Waals surface area contributed by atoms with Crippen LogP contribution in [-0.2, 0) is 20.1 Å². The van der Waals surface area contributed by atoms with Crippen molar-refractivity contribution < 1.29 is 24.5 Å². The van der Waals surface area contributed by atoms with Gasteiger partial charge in [-0.3, -0.25) is 0 Å². The largest absolute Gasteiger partial charge is 0.498 e. The molecule has 3 aromatic carbocycles. The van der Waals surface area contributed by atoms with Gasteiger partial charge in [-0.2, -0.15) is 0 Å². The van der Waals surface area contributed by atoms with Crippen molar-refractivity contribution >= 4 is 32.8 Å². The topological polar surface area (TPSA) is 51.8 Å². The summed E-state index contributed by atoms with van der Waals surface area (Å²) in [5.74, 6) is 0. The first-order valence-electron chi connectivity index (χ1n) is 12.9. The quantitative estimate of drug-likeness (QED) is 0.170. The van der Waals surface area contributed by atoms with E-state index >= 15 is 0 Å². The van der Waals surface area contributed by atoms with Crippen molar-refractivity contribution in [2.45, 2.75) is 27.7 Å². The fraction of sp³-hybridized carbons (Fsp3) is 0.114. The molecular formula is C35H27IrN3O-2. The zero-order valence-electron chi connectivity index (χ0n) is 22.7. The second kappa shape index (κ2) is 11.5. The SMILES string of the molecule is Cc1c[c-]c(-c2cc(C)c(C)cn2)cc1.Cc1ccc2ccc3c4cc[c-]c(-c5ccccn5)c4oc3c2n1.[Ir]. The molecule has 7 rings (SSSR count). The second-order valence-corrected chi connectivity index (χ2v) is 9.81. The Hall–Kier alpha value is -4.18. The molecule has 0 spiro atoms. The summed E-state index contributed by atoms with van der Waals surface area (Å²) in [5.41, 5.74) is 11.0. The maximum atomic E-state index is 6.27. The maximum Gasteiger partial charge on any atom is 0.147 e. The summed E-state index contributed by atoms with van der Waals surface area (Å²) in [4.78, 5) is 13.5. The van der Waals surface area contributed by atoms with Gasteiger partial charge in [-0.05, 0) is 49.9 Å². The third kappa shape index (κ3) is 5.31. The first kappa shape index (κ1) is 27.4. The van der Waals surface area contributed by atoms with Gasteiger partial charge in [-0.25, -0.2) is 4.98 Å². The Morgan fingerprint density at radius 1 is 0.725 bits per heavy atom. The average molecular weight is 698 g/mol. The molecule has 0 N–H and O–H groups in total. The van der Waals surface area contributed by atoms with Crippen molar-refractivity contribution in [2.75, 3.05) is 0 Å². The van der Waals surface area contributed by atoms with Gasteiger partial charge >= 0.3 is 0 Å². The third-order valence-corrected chi connectivity index (χ3v) is 6.94. The number of nitrogens with zero attached hydrogens (tertiary/aromatic N) is 3. The van der Waals surface area contributed by atoms with Gasteiger partial charge < -0.3 is 14.4 Å². The number of aromatic nitrogens is 3. The van der Waals surface area contributed by atoms with Crippen molar-refractivity contribution in [1.29, 1.82) is 0 Å². The first-order valence-corrected chi connectivity index (χ1v) is 12.9. The molecule has 0 saturated carbocycles.